The molecule has 2 aromatic carbocycles. The van der Waals surface area contributed by atoms with Gasteiger partial charge in [0.15, 0.2) is 0 Å². The van der Waals surface area contributed by atoms with Crippen LogP contribution in [0.25, 0.3) is 0 Å². The lowest BCUT2D eigenvalue weighted by atomic mass is 10.4. The van der Waals surface area contributed by atoms with E-state index in [1.165, 1.54) is 23.1 Å². The fraction of sp³-hybridized carbons (Fsp3) is 0.500. The molecule has 0 aromatic heterocycles. The molecule has 176 valence electrons. The van der Waals surface area contributed by atoms with Crippen molar-refractivity contribution in [3.63, 3.8) is 0 Å². The van der Waals surface area contributed by atoms with Crippen molar-refractivity contribution in [2.24, 2.45) is 0 Å². The second-order valence-electron chi connectivity index (χ2n) is 12.2. The van der Waals surface area contributed by atoms with Crippen LogP contribution in [-0.4, -0.2) is 56.1 Å². The third-order valence-electron chi connectivity index (χ3n) is 5.94. The summed E-state index contributed by atoms with van der Waals surface area (Å²) in [5.41, 5.74) is 0. The van der Waals surface area contributed by atoms with Crippen LogP contribution in [0.5, 0.6) is 0 Å². The van der Waals surface area contributed by atoms with Crippen LogP contribution in [0.15, 0.2) is 60.7 Å². The Morgan fingerprint density at radius 2 is 0.719 bits per heavy atom. The first kappa shape index (κ1) is 26.7. The minimum absolute atomic E-state index is 0.125. The highest BCUT2D eigenvalue weighted by molar-refractivity contribution is 7.71. The Hall–Kier alpha value is 0.0875. The van der Waals surface area contributed by atoms with Crippen LogP contribution in [-0.2, 0) is 0 Å². The standard InChI is InChI=1S/C24H44N2P2Si4/c1-29(2)19-27(23-15-11-9-12-16-23)20-31(5,6)26-32(7,8)22-28(21-30(3,4)25-29)24-17-13-10-14-18-24/h9-18,25-26H,19-22H2,1-8H3. The Morgan fingerprint density at radius 3 is 0.969 bits per heavy atom. The maximum absolute atomic E-state index is 4.43. The molecule has 1 saturated heterocycles. The van der Waals surface area contributed by atoms with Gasteiger partial charge in [0.25, 0.3) is 0 Å². The van der Waals surface area contributed by atoms with Gasteiger partial charge in [-0.15, -0.1) is 0 Å². The van der Waals surface area contributed by atoms with Gasteiger partial charge in [-0.25, -0.2) is 0 Å². The molecule has 1 aliphatic heterocycles. The van der Waals surface area contributed by atoms with Gasteiger partial charge in [-0.2, -0.15) is 0 Å². The number of hydrogen-bond donors (Lipinski definition) is 2. The van der Waals surface area contributed by atoms with Gasteiger partial charge in [0.2, 0.25) is 0 Å². The first-order valence-electron chi connectivity index (χ1n) is 11.9. The van der Waals surface area contributed by atoms with E-state index in [0.29, 0.717) is 0 Å². The van der Waals surface area contributed by atoms with Gasteiger partial charge in [-0.05, 0) is 33.7 Å². The van der Waals surface area contributed by atoms with Crippen LogP contribution >= 0.6 is 15.8 Å². The highest BCUT2D eigenvalue weighted by Crippen LogP contribution is 2.43. The van der Waals surface area contributed by atoms with Gasteiger partial charge in [-0.3, -0.25) is 0 Å². The Morgan fingerprint density at radius 1 is 0.469 bits per heavy atom. The molecular formula is C24H44N2P2Si4. The normalized spacial score (nSPS) is 27.6. The summed E-state index contributed by atoms with van der Waals surface area (Å²) in [5.74, 6) is 5.64. The summed E-state index contributed by atoms with van der Waals surface area (Å²) in [7, 11) is -6.33. The summed E-state index contributed by atoms with van der Waals surface area (Å²) < 4.78 is 8.85. The Balaban J connectivity index is 1.99. The van der Waals surface area contributed by atoms with E-state index in [2.05, 4.69) is 122 Å². The molecule has 1 heterocycles. The summed E-state index contributed by atoms with van der Waals surface area (Å²) >= 11 is 0. The van der Waals surface area contributed by atoms with E-state index in [1.807, 2.05) is 0 Å². The lowest BCUT2D eigenvalue weighted by Crippen LogP contribution is -2.66. The third-order valence-corrected chi connectivity index (χ3v) is 37.6. The van der Waals surface area contributed by atoms with E-state index >= 15 is 0 Å². The van der Waals surface area contributed by atoms with Crippen molar-refractivity contribution in [2.45, 2.75) is 52.4 Å². The monoisotopic (exact) mass is 534 g/mol. The molecule has 0 atom stereocenters. The second-order valence-corrected chi connectivity index (χ2v) is 37.5. The summed E-state index contributed by atoms with van der Waals surface area (Å²) in [6, 6.07) is 23.0. The molecule has 1 aliphatic rings. The summed E-state index contributed by atoms with van der Waals surface area (Å²) in [6.45, 7) is 20.9. The van der Waals surface area contributed by atoms with Crippen molar-refractivity contribution in [1.29, 1.82) is 0 Å². The second kappa shape index (κ2) is 10.4. The Kier molecular flexibility index (Phi) is 8.65. The lowest BCUT2D eigenvalue weighted by Gasteiger charge is -2.44. The smallest absolute Gasteiger partial charge is 0.117 e. The van der Waals surface area contributed by atoms with Crippen LogP contribution in [0.4, 0.5) is 0 Å². The first-order chi connectivity index (χ1) is 14.8. The minimum atomic E-state index is -1.52. The molecular weight excluding hydrogens is 491 g/mol. The Labute approximate surface area is 204 Å². The Bertz CT molecular complexity index is 771. The topological polar surface area (TPSA) is 24.1 Å². The van der Waals surface area contributed by atoms with Crippen molar-refractivity contribution in [2.75, 3.05) is 23.1 Å². The van der Waals surface area contributed by atoms with E-state index in [4.69, 9.17) is 0 Å². The maximum Gasteiger partial charge on any atom is 0.117 e. The van der Waals surface area contributed by atoms with Gasteiger partial charge < -0.3 is 9.30 Å². The molecule has 0 radical (unpaired) electrons. The van der Waals surface area contributed by atoms with Crippen molar-refractivity contribution in [1.82, 2.24) is 9.30 Å². The zero-order valence-corrected chi connectivity index (χ0v) is 27.3. The SMILES string of the molecule is C[Si]1(C)CP(c2ccccc2)C[Si](C)(C)N[Si](C)(C)CP(c2ccccc2)C[Si](C)(C)N1. The third kappa shape index (κ3) is 8.09. The van der Waals surface area contributed by atoms with Crippen LogP contribution in [0, 0.1) is 0 Å². The quantitative estimate of drug-likeness (QED) is 0.377. The predicted molar refractivity (Wildman–Crippen MR) is 162 cm³/mol. The molecule has 0 amide bonds. The highest BCUT2D eigenvalue weighted by atomic mass is 31.1. The van der Waals surface area contributed by atoms with Crippen LogP contribution in [0.1, 0.15) is 0 Å². The lowest BCUT2D eigenvalue weighted by molar-refractivity contribution is 1.27. The molecule has 8 heteroatoms. The molecule has 2 N–H and O–H groups in total. The van der Waals surface area contributed by atoms with Gasteiger partial charge in [0, 0.05) is 0 Å². The van der Waals surface area contributed by atoms with Gasteiger partial charge in [0.1, 0.15) is 32.9 Å². The average Bonchev–Trinajstić information content (AvgIpc) is 2.65. The average molecular weight is 535 g/mol. The molecule has 0 aliphatic carbocycles. The highest BCUT2D eigenvalue weighted by Gasteiger charge is 2.41. The first-order valence-corrected chi connectivity index (χ1v) is 28.2. The van der Waals surface area contributed by atoms with Crippen LogP contribution in [0.3, 0.4) is 0 Å². The number of benzene rings is 2. The summed E-state index contributed by atoms with van der Waals surface area (Å²) in [6.07, 6.45) is 0. The van der Waals surface area contributed by atoms with Crippen molar-refractivity contribution in [3.05, 3.63) is 60.7 Å². The maximum atomic E-state index is 4.43. The molecule has 2 nitrogen and oxygen atoms in total. The minimum Gasteiger partial charge on any atom is -0.359 e. The van der Waals surface area contributed by atoms with E-state index in [-0.39, 0.29) is 15.8 Å². The number of rotatable bonds is 2. The van der Waals surface area contributed by atoms with Gasteiger partial charge in [0.05, 0.1) is 0 Å². The van der Waals surface area contributed by atoms with Crippen molar-refractivity contribution in [3.8, 4) is 0 Å². The number of nitrogens with one attached hydrogen (secondary N) is 2. The van der Waals surface area contributed by atoms with E-state index in [9.17, 15) is 0 Å². The fourth-order valence-corrected chi connectivity index (χ4v) is 46.7. The van der Waals surface area contributed by atoms with E-state index < -0.39 is 32.9 Å². The zero-order valence-electron chi connectivity index (χ0n) is 21.5. The molecule has 1 fully saturated rings. The molecule has 2 aromatic rings. The van der Waals surface area contributed by atoms with Crippen molar-refractivity contribution >= 4 is 59.4 Å². The van der Waals surface area contributed by atoms with Crippen LogP contribution < -0.4 is 19.9 Å². The molecule has 0 bridgehead atoms. The van der Waals surface area contributed by atoms with Crippen LogP contribution in [0.2, 0.25) is 52.4 Å². The summed E-state index contributed by atoms with van der Waals surface area (Å²) in [5, 5.41) is 3.24. The van der Waals surface area contributed by atoms with E-state index in [0.717, 1.165) is 0 Å². The fourth-order valence-electron chi connectivity index (χ4n) is 5.65. The number of hydrogen-bond acceptors (Lipinski definition) is 2. The predicted octanol–water partition coefficient (Wildman–Crippen LogP) is 5.77. The van der Waals surface area contributed by atoms with E-state index in [1.54, 1.807) is 10.6 Å². The molecule has 3 rings (SSSR count). The van der Waals surface area contributed by atoms with Gasteiger partial charge in [-0.1, -0.05) is 129 Å². The van der Waals surface area contributed by atoms with Gasteiger partial charge >= 0.3 is 0 Å². The molecule has 0 spiro atoms. The zero-order chi connectivity index (χ0) is 23.6. The largest absolute Gasteiger partial charge is 0.359 e. The molecule has 0 saturated carbocycles. The molecule has 0 unspecified atom stereocenters. The molecule has 32 heavy (non-hydrogen) atoms. The summed E-state index contributed by atoms with van der Waals surface area (Å²) in [4.78, 5) is 0. The van der Waals surface area contributed by atoms with Crippen molar-refractivity contribution < 1.29 is 0 Å².